The van der Waals surface area contributed by atoms with Crippen LogP contribution in [0, 0.1) is 0 Å². The smallest absolute Gasteiger partial charge is 0.329 e. The summed E-state index contributed by atoms with van der Waals surface area (Å²) in [6.45, 7) is 5.39. The molecule has 0 heterocycles. The highest BCUT2D eigenvalue weighted by Gasteiger charge is 2.49. The van der Waals surface area contributed by atoms with Gasteiger partial charge in [-0.1, -0.05) is 0 Å². The molecule has 0 saturated heterocycles. The van der Waals surface area contributed by atoms with E-state index in [9.17, 15) is 48.0 Å². The van der Waals surface area contributed by atoms with Crippen LogP contribution in [0.1, 0.15) is 40.5 Å². The normalized spacial score (nSPS) is 18.3. The SMILES string of the molecule is CC(O)COC(C)C(O)(CC(CP(=O)(O)O)P(=O)(O)O)CC(CP(=O)(O)O)P(=O)(O)O.CC(O)COC(C)CO.OCCO. The van der Waals surface area contributed by atoms with Crippen molar-refractivity contribution >= 4 is 30.4 Å². The molecule has 6 atom stereocenters. The summed E-state index contributed by atoms with van der Waals surface area (Å²) in [7, 11) is -20.6. The average Bonchev–Trinajstić information content (AvgIpc) is 2.82. The molecule has 14 N–H and O–H groups in total. The fraction of sp³-hybridized carbons (Fsp3) is 1.00. The molecule has 0 aromatic heterocycles. The van der Waals surface area contributed by atoms with Crippen molar-refractivity contribution in [1.82, 2.24) is 0 Å². The lowest BCUT2D eigenvalue weighted by molar-refractivity contribution is -0.122. The lowest BCUT2D eigenvalue weighted by atomic mass is 9.87. The van der Waals surface area contributed by atoms with Gasteiger partial charge in [-0.2, -0.15) is 0 Å². The Bertz CT molecular complexity index is 886. The fourth-order valence-electron chi connectivity index (χ4n) is 3.15. The second kappa shape index (κ2) is 22.0. The molecular weight excluding hydrogens is 684 g/mol. The molecule has 0 aromatic rings. The number of rotatable bonds is 19. The van der Waals surface area contributed by atoms with Crippen molar-refractivity contribution in [3.63, 3.8) is 0 Å². The third-order valence-corrected chi connectivity index (χ3v) is 10.4. The molecule has 0 fully saturated rings. The third kappa shape index (κ3) is 27.4. The van der Waals surface area contributed by atoms with E-state index in [-0.39, 0.29) is 25.9 Å². The molecule has 20 nitrogen and oxygen atoms in total. The molecule has 24 heteroatoms. The van der Waals surface area contributed by atoms with Gasteiger partial charge in [-0.25, -0.2) is 0 Å². The van der Waals surface area contributed by atoms with Crippen LogP contribution in [0.4, 0.5) is 0 Å². The van der Waals surface area contributed by atoms with E-state index < -0.39 is 97.4 Å². The van der Waals surface area contributed by atoms with E-state index in [1.54, 1.807) is 13.8 Å². The zero-order valence-corrected chi connectivity index (χ0v) is 28.4. The Morgan fingerprint density at radius 2 is 0.932 bits per heavy atom. The summed E-state index contributed by atoms with van der Waals surface area (Å²) >= 11 is 0. The number of hydrogen-bond acceptors (Lipinski definition) is 12. The van der Waals surface area contributed by atoms with Gasteiger partial charge in [-0.3, -0.25) is 18.3 Å². The molecule has 6 unspecified atom stereocenters. The van der Waals surface area contributed by atoms with E-state index in [0.717, 1.165) is 6.92 Å². The minimum absolute atomic E-state index is 0.00667. The second-order valence-corrected chi connectivity index (χ2v) is 17.3. The highest BCUT2D eigenvalue weighted by atomic mass is 31.2. The van der Waals surface area contributed by atoms with Crippen molar-refractivity contribution in [2.45, 2.75) is 81.9 Å². The first-order valence-electron chi connectivity index (χ1n) is 12.9. The monoisotopic (exact) mass is 734 g/mol. The van der Waals surface area contributed by atoms with E-state index in [4.69, 9.17) is 49.5 Å². The summed E-state index contributed by atoms with van der Waals surface area (Å²) < 4.78 is 56.3. The zero-order chi connectivity index (χ0) is 35.7. The maximum atomic E-state index is 11.8. The van der Waals surface area contributed by atoms with Crippen LogP contribution in [-0.4, -0.2) is 156 Å². The molecule has 0 amide bonds. The lowest BCUT2D eigenvalue weighted by Gasteiger charge is -2.39. The van der Waals surface area contributed by atoms with Crippen LogP contribution in [0.3, 0.4) is 0 Å². The first-order chi connectivity index (χ1) is 19.5. The fourth-order valence-corrected chi connectivity index (χ4v) is 8.60. The quantitative estimate of drug-likeness (QED) is 0.0608. The van der Waals surface area contributed by atoms with Gasteiger partial charge in [0.1, 0.15) is 0 Å². The van der Waals surface area contributed by atoms with E-state index >= 15 is 0 Å². The van der Waals surface area contributed by atoms with Crippen molar-refractivity contribution in [3.05, 3.63) is 0 Å². The number of hydrogen-bond donors (Lipinski definition) is 14. The van der Waals surface area contributed by atoms with Gasteiger partial charge < -0.3 is 79.3 Å². The predicted molar refractivity (Wildman–Crippen MR) is 155 cm³/mol. The molecule has 0 aliphatic heterocycles. The van der Waals surface area contributed by atoms with E-state index in [0.29, 0.717) is 6.61 Å². The van der Waals surface area contributed by atoms with E-state index in [1.807, 2.05) is 0 Å². The molecule has 44 heavy (non-hydrogen) atoms. The second-order valence-electron chi connectivity index (χ2n) is 10.1. The number of ether oxygens (including phenoxy) is 2. The standard InChI is InChI=1S/C12H30O15P4.C6H14O3.C2H6O2/c1-8(13)5-27-9(2)12(14,3-10(30(21,22)23)6-28(15,16)17)4-11(31(24,25)26)7-29(18,19)20;1-5(8)4-9-6(2)3-7;3-1-2-4/h8-11,13-14H,3-7H2,1-2H3,(H2,15,16,17)(H2,18,19,20)(H2,21,22,23)(H2,24,25,26);5-8H,3-4H2,1-2H3;3-4H,1-2H2. The Balaban J connectivity index is -0.00000107. The van der Waals surface area contributed by atoms with Gasteiger partial charge in [0.25, 0.3) is 0 Å². The Morgan fingerprint density at radius 3 is 1.16 bits per heavy atom. The third-order valence-electron chi connectivity index (χ3n) is 5.35. The van der Waals surface area contributed by atoms with Crippen molar-refractivity contribution in [3.8, 4) is 0 Å². The molecule has 0 saturated carbocycles. The van der Waals surface area contributed by atoms with E-state index in [2.05, 4.69) is 0 Å². The highest BCUT2D eigenvalue weighted by molar-refractivity contribution is 7.57. The maximum Gasteiger partial charge on any atom is 0.329 e. The van der Waals surface area contributed by atoms with Crippen LogP contribution in [0.2, 0.25) is 0 Å². The topological polar surface area (TPSA) is 370 Å². The maximum absolute atomic E-state index is 11.8. The predicted octanol–water partition coefficient (Wildman–Crippen LogP) is -2.53. The largest absolute Gasteiger partial charge is 0.394 e. The Labute approximate surface area is 255 Å². The van der Waals surface area contributed by atoms with E-state index in [1.165, 1.54) is 6.92 Å². The van der Waals surface area contributed by atoms with Gasteiger partial charge in [0.15, 0.2) is 0 Å². The van der Waals surface area contributed by atoms with Crippen molar-refractivity contribution in [2.75, 3.05) is 45.4 Å². The first kappa shape index (κ1) is 48.7. The van der Waals surface area contributed by atoms with Crippen LogP contribution >= 0.6 is 30.4 Å². The summed E-state index contributed by atoms with van der Waals surface area (Å²) in [4.78, 5) is 74.4. The first-order valence-corrected chi connectivity index (χ1v) is 19.8. The average molecular weight is 734 g/mol. The summed E-state index contributed by atoms with van der Waals surface area (Å²) in [5.74, 6) is 0. The van der Waals surface area contributed by atoms with Gasteiger partial charge in [-0.15, -0.1) is 0 Å². The van der Waals surface area contributed by atoms with Crippen LogP contribution in [-0.2, 0) is 27.7 Å². The van der Waals surface area contributed by atoms with Crippen LogP contribution < -0.4 is 0 Å². The van der Waals surface area contributed by atoms with Crippen molar-refractivity contribution in [1.29, 1.82) is 0 Å². The molecule has 0 bridgehead atoms. The number of aliphatic hydroxyl groups is 6. The summed E-state index contributed by atoms with van der Waals surface area (Å²) in [5.41, 5.74) is -6.97. The summed E-state index contributed by atoms with van der Waals surface area (Å²) in [6, 6.07) is 0. The van der Waals surface area contributed by atoms with Crippen LogP contribution in [0.25, 0.3) is 0 Å². The van der Waals surface area contributed by atoms with Gasteiger partial charge >= 0.3 is 30.4 Å². The molecule has 0 rings (SSSR count). The molecule has 0 aliphatic carbocycles. The minimum atomic E-state index is -5.28. The summed E-state index contributed by atoms with van der Waals surface area (Å²) in [5, 5.41) is 52.8. The van der Waals surface area contributed by atoms with Crippen LogP contribution in [0.15, 0.2) is 0 Å². The zero-order valence-electron chi connectivity index (χ0n) is 24.8. The van der Waals surface area contributed by atoms with Gasteiger partial charge in [0, 0.05) is 0 Å². The van der Waals surface area contributed by atoms with Crippen molar-refractivity contribution in [2.24, 2.45) is 0 Å². The van der Waals surface area contributed by atoms with Crippen LogP contribution in [0.5, 0.6) is 0 Å². The van der Waals surface area contributed by atoms with Crippen molar-refractivity contribution < 1.29 is 97.5 Å². The molecular formula is C20H50O20P4. The molecule has 0 spiro atoms. The number of aliphatic hydroxyl groups excluding tert-OH is 5. The van der Waals surface area contributed by atoms with Gasteiger partial charge in [0.05, 0.1) is 86.7 Å². The molecule has 0 radical (unpaired) electrons. The molecule has 270 valence electrons. The molecule has 0 aromatic carbocycles. The molecule has 0 aliphatic rings. The summed E-state index contributed by atoms with van der Waals surface area (Å²) in [6.07, 6.45) is -8.28. The minimum Gasteiger partial charge on any atom is -0.394 e. The highest BCUT2D eigenvalue weighted by Crippen LogP contribution is 2.55. The Morgan fingerprint density at radius 1 is 0.614 bits per heavy atom. The lowest BCUT2D eigenvalue weighted by Crippen LogP contribution is -2.48. The van der Waals surface area contributed by atoms with Gasteiger partial charge in [-0.05, 0) is 40.5 Å². The van der Waals surface area contributed by atoms with Gasteiger partial charge in [0.2, 0.25) is 0 Å². The Hall–Kier alpha value is 0.280. The Kier molecular flexibility index (Phi) is 24.4.